The number of benzene rings is 1. The molecule has 1 aromatic rings. The van der Waals surface area contributed by atoms with Gasteiger partial charge in [0.2, 0.25) is 0 Å². The highest BCUT2D eigenvalue weighted by Crippen LogP contribution is 2.40. The molecule has 3 heterocycles. The van der Waals surface area contributed by atoms with Gasteiger partial charge >= 0.3 is 0 Å². The average Bonchev–Trinajstić information content (AvgIpc) is 2.89. The summed E-state index contributed by atoms with van der Waals surface area (Å²) in [5.41, 5.74) is 1.03. The van der Waals surface area contributed by atoms with Crippen molar-refractivity contribution in [2.45, 2.75) is 51.0 Å². The number of rotatable bonds is 1. The van der Waals surface area contributed by atoms with Crippen LogP contribution in [-0.4, -0.2) is 37.5 Å². The standard InChI is InChI=1S/C16H20O5/c1-9-13-12(20-16-14(9)18-10(2)19-16)8-17-15(21-13)11-6-4-3-5-7-11/h3-7,9-10,12-16H,8H2,1-2H3/t9-,10?,12?,13+,14?,15?,16+/m0/s1. The predicted molar refractivity (Wildman–Crippen MR) is 73.3 cm³/mol. The van der Waals surface area contributed by atoms with Crippen molar-refractivity contribution in [2.75, 3.05) is 6.61 Å². The van der Waals surface area contributed by atoms with Crippen LogP contribution in [0.15, 0.2) is 30.3 Å². The molecule has 0 saturated carbocycles. The van der Waals surface area contributed by atoms with Crippen LogP contribution in [-0.2, 0) is 23.7 Å². The second kappa shape index (κ2) is 5.34. The van der Waals surface area contributed by atoms with E-state index in [4.69, 9.17) is 23.7 Å². The van der Waals surface area contributed by atoms with Crippen molar-refractivity contribution < 1.29 is 23.7 Å². The van der Waals surface area contributed by atoms with Gasteiger partial charge in [0.1, 0.15) is 12.2 Å². The molecule has 3 aliphatic rings. The summed E-state index contributed by atoms with van der Waals surface area (Å²) in [6, 6.07) is 9.98. The molecule has 3 fully saturated rings. The van der Waals surface area contributed by atoms with Crippen molar-refractivity contribution in [3.8, 4) is 0 Å². The van der Waals surface area contributed by atoms with Crippen molar-refractivity contribution >= 4 is 0 Å². The molecule has 0 N–H and O–H groups in total. The van der Waals surface area contributed by atoms with Crippen LogP contribution in [0.4, 0.5) is 0 Å². The third-order valence-electron chi connectivity index (χ3n) is 4.42. The summed E-state index contributed by atoms with van der Waals surface area (Å²) in [7, 11) is 0. The molecule has 0 bridgehead atoms. The Balaban J connectivity index is 1.52. The summed E-state index contributed by atoms with van der Waals surface area (Å²) >= 11 is 0. The molecule has 1 aromatic carbocycles. The molecular weight excluding hydrogens is 272 g/mol. The van der Waals surface area contributed by atoms with Crippen LogP contribution < -0.4 is 0 Å². The van der Waals surface area contributed by atoms with E-state index >= 15 is 0 Å². The molecule has 114 valence electrons. The fourth-order valence-corrected chi connectivity index (χ4v) is 3.34. The number of fused-ring (bicyclic) bond motifs is 2. The maximum Gasteiger partial charge on any atom is 0.187 e. The van der Waals surface area contributed by atoms with E-state index in [0.29, 0.717) is 6.61 Å². The molecule has 5 heteroatoms. The maximum atomic E-state index is 6.15. The highest BCUT2D eigenvalue weighted by molar-refractivity contribution is 5.16. The average molecular weight is 292 g/mol. The normalized spacial score (nSPS) is 45.9. The molecule has 0 radical (unpaired) electrons. The zero-order chi connectivity index (χ0) is 14.4. The van der Waals surface area contributed by atoms with Crippen LogP contribution >= 0.6 is 0 Å². The number of hydrogen-bond donors (Lipinski definition) is 0. The Morgan fingerprint density at radius 2 is 1.71 bits per heavy atom. The van der Waals surface area contributed by atoms with Crippen LogP contribution in [0.1, 0.15) is 25.7 Å². The van der Waals surface area contributed by atoms with Crippen LogP contribution in [0.5, 0.6) is 0 Å². The van der Waals surface area contributed by atoms with Crippen LogP contribution in [0.2, 0.25) is 0 Å². The molecule has 0 aliphatic carbocycles. The van der Waals surface area contributed by atoms with Gasteiger partial charge in [0, 0.05) is 11.5 Å². The Bertz CT molecular complexity index is 493. The zero-order valence-electron chi connectivity index (χ0n) is 12.2. The van der Waals surface area contributed by atoms with Gasteiger partial charge in [-0.05, 0) is 6.92 Å². The Hall–Kier alpha value is -0.980. The van der Waals surface area contributed by atoms with Gasteiger partial charge in [-0.3, -0.25) is 0 Å². The molecule has 7 atom stereocenters. The van der Waals surface area contributed by atoms with E-state index in [1.54, 1.807) is 0 Å². The first-order chi connectivity index (χ1) is 10.2. The van der Waals surface area contributed by atoms with Gasteiger partial charge in [0.05, 0.1) is 12.7 Å². The van der Waals surface area contributed by atoms with Crippen molar-refractivity contribution in [3.63, 3.8) is 0 Å². The van der Waals surface area contributed by atoms with Gasteiger partial charge in [-0.25, -0.2) is 0 Å². The Morgan fingerprint density at radius 3 is 2.52 bits per heavy atom. The van der Waals surface area contributed by atoms with E-state index in [2.05, 4.69) is 6.92 Å². The minimum absolute atomic E-state index is 0.0425. The van der Waals surface area contributed by atoms with E-state index in [0.717, 1.165) is 5.56 Å². The first kappa shape index (κ1) is 13.7. The molecule has 5 nitrogen and oxygen atoms in total. The maximum absolute atomic E-state index is 6.15. The minimum Gasteiger partial charge on any atom is -0.346 e. The van der Waals surface area contributed by atoms with Gasteiger partial charge in [-0.2, -0.15) is 0 Å². The Labute approximate surface area is 124 Å². The van der Waals surface area contributed by atoms with Gasteiger partial charge in [0.15, 0.2) is 18.9 Å². The van der Waals surface area contributed by atoms with Crippen molar-refractivity contribution in [3.05, 3.63) is 35.9 Å². The summed E-state index contributed by atoms with van der Waals surface area (Å²) in [5.74, 6) is 0.203. The third kappa shape index (κ3) is 2.39. The van der Waals surface area contributed by atoms with Crippen LogP contribution in [0.3, 0.4) is 0 Å². The third-order valence-corrected chi connectivity index (χ3v) is 4.42. The first-order valence-corrected chi connectivity index (χ1v) is 7.51. The second-order valence-electron chi connectivity index (χ2n) is 5.88. The number of ether oxygens (including phenoxy) is 5. The molecular formula is C16H20O5. The summed E-state index contributed by atoms with van der Waals surface area (Å²) in [4.78, 5) is 0. The van der Waals surface area contributed by atoms with Crippen molar-refractivity contribution in [1.29, 1.82) is 0 Å². The summed E-state index contributed by atoms with van der Waals surface area (Å²) < 4.78 is 29.3. The van der Waals surface area contributed by atoms with E-state index in [9.17, 15) is 0 Å². The van der Waals surface area contributed by atoms with Crippen molar-refractivity contribution in [2.24, 2.45) is 5.92 Å². The predicted octanol–water partition coefficient (Wildman–Crippen LogP) is 2.22. The topological polar surface area (TPSA) is 46.2 Å². The SMILES string of the molecule is CC1OC2[C@H](O1)OC1COC(c3ccccc3)O[C@@H]1[C@@H]2C. The monoisotopic (exact) mass is 292 g/mol. The lowest BCUT2D eigenvalue weighted by atomic mass is 9.90. The fraction of sp³-hybridized carbons (Fsp3) is 0.625. The molecule has 0 spiro atoms. The quantitative estimate of drug-likeness (QED) is 0.794. The van der Waals surface area contributed by atoms with E-state index in [-0.39, 0.29) is 43.1 Å². The Morgan fingerprint density at radius 1 is 0.905 bits per heavy atom. The summed E-state index contributed by atoms with van der Waals surface area (Å²) in [6.07, 6.45) is -1.09. The molecule has 3 saturated heterocycles. The lowest BCUT2D eigenvalue weighted by Crippen LogP contribution is -2.57. The lowest BCUT2D eigenvalue weighted by Gasteiger charge is -2.45. The van der Waals surface area contributed by atoms with Crippen LogP contribution in [0, 0.1) is 5.92 Å². The van der Waals surface area contributed by atoms with Crippen molar-refractivity contribution in [1.82, 2.24) is 0 Å². The fourth-order valence-electron chi connectivity index (χ4n) is 3.34. The van der Waals surface area contributed by atoms with E-state index in [1.165, 1.54) is 0 Å². The second-order valence-corrected chi connectivity index (χ2v) is 5.88. The zero-order valence-corrected chi connectivity index (χ0v) is 12.2. The summed E-state index contributed by atoms with van der Waals surface area (Å²) in [5, 5.41) is 0. The molecule has 4 rings (SSSR count). The molecule has 21 heavy (non-hydrogen) atoms. The molecule has 4 unspecified atom stereocenters. The Kier molecular flexibility index (Phi) is 3.47. The first-order valence-electron chi connectivity index (χ1n) is 7.51. The molecule has 0 aromatic heterocycles. The highest BCUT2D eigenvalue weighted by atomic mass is 16.8. The van der Waals surface area contributed by atoms with Gasteiger partial charge in [-0.15, -0.1) is 0 Å². The van der Waals surface area contributed by atoms with Gasteiger partial charge in [0.25, 0.3) is 0 Å². The van der Waals surface area contributed by atoms with Crippen LogP contribution in [0.25, 0.3) is 0 Å². The lowest BCUT2D eigenvalue weighted by molar-refractivity contribution is -0.328. The van der Waals surface area contributed by atoms with Gasteiger partial charge in [-0.1, -0.05) is 37.3 Å². The van der Waals surface area contributed by atoms with Gasteiger partial charge < -0.3 is 23.7 Å². The molecule has 3 aliphatic heterocycles. The van der Waals surface area contributed by atoms with E-state index < -0.39 is 0 Å². The summed E-state index contributed by atoms with van der Waals surface area (Å²) in [6.45, 7) is 4.53. The highest BCUT2D eigenvalue weighted by Gasteiger charge is 2.52. The largest absolute Gasteiger partial charge is 0.346 e. The molecule has 0 amide bonds. The smallest absolute Gasteiger partial charge is 0.187 e. The minimum atomic E-state index is -0.338. The van der Waals surface area contributed by atoms with E-state index in [1.807, 2.05) is 37.3 Å². The number of hydrogen-bond acceptors (Lipinski definition) is 5.